The Morgan fingerprint density at radius 1 is 1.00 bits per heavy atom. The van der Waals surface area contributed by atoms with Crippen LogP contribution in [0.5, 0.6) is 0 Å². The number of nitrogens with one attached hydrogen (secondary N) is 1. The molecule has 5 nitrogen and oxygen atoms in total. The number of amides is 1. The summed E-state index contributed by atoms with van der Waals surface area (Å²) in [4.78, 5) is 29.9. The summed E-state index contributed by atoms with van der Waals surface area (Å²) in [5.74, 6) is -0.821. The first-order chi connectivity index (χ1) is 14.1. The lowest BCUT2D eigenvalue weighted by atomic mass is 10.1. The van der Waals surface area contributed by atoms with Crippen LogP contribution >= 0.6 is 0 Å². The number of carbonyl (C=O) groups excluding carboxylic acids is 1. The van der Waals surface area contributed by atoms with Gasteiger partial charge in [0.05, 0.1) is 5.39 Å². The summed E-state index contributed by atoms with van der Waals surface area (Å²) in [6.45, 7) is 0.407. The van der Waals surface area contributed by atoms with Crippen LogP contribution in [-0.2, 0) is 6.42 Å². The zero-order chi connectivity index (χ0) is 20.2. The number of rotatable bonds is 5. The Bertz CT molecular complexity index is 1220. The minimum Gasteiger partial charge on any atom is -0.352 e. The Kier molecular flexibility index (Phi) is 5.16. The topological polar surface area (TPSA) is 64.0 Å². The standard InChI is InChI=1S/C23H18FN3O2/c24-17-8-10-18(11-9-17)27-15-20(21(28)19-7-4-13-25-22(19)27)23(29)26-14-12-16-5-2-1-3-6-16/h1-11,13,15H,12,14H2,(H,26,29). The van der Waals surface area contributed by atoms with Gasteiger partial charge in [-0.3, -0.25) is 9.59 Å². The molecule has 2 aromatic carbocycles. The van der Waals surface area contributed by atoms with Gasteiger partial charge in [-0.1, -0.05) is 30.3 Å². The fourth-order valence-electron chi connectivity index (χ4n) is 3.18. The molecule has 0 aliphatic heterocycles. The second kappa shape index (κ2) is 8.06. The van der Waals surface area contributed by atoms with Crippen molar-refractivity contribution in [2.75, 3.05) is 6.54 Å². The van der Waals surface area contributed by atoms with Crippen molar-refractivity contribution in [2.24, 2.45) is 0 Å². The van der Waals surface area contributed by atoms with Crippen LogP contribution in [0.2, 0.25) is 0 Å². The second-order valence-corrected chi connectivity index (χ2v) is 6.58. The molecule has 2 aromatic heterocycles. The van der Waals surface area contributed by atoms with Gasteiger partial charge in [0.25, 0.3) is 5.91 Å². The zero-order valence-electron chi connectivity index (χ0n) is 15.5. The quantitative estimate of drug-likeness (QED) is 0.570. The van der Waals surface area contributed by atoms with E-state index in [-0.39, 0.29) is 16.8 Å². The third-order valence-electron chi connectivity index (χ3n) is 4.65. The molecule has 4 aromatic rings. The third-order valence-corrected chi connectivity index (χ3v) is 4.65. The number of aromatic nitrogens is 2. The molecule has 0 bridgehead atoms. The van der Waals surface area contributed by atoms with Crippen molar-refractivity contribution < 1.29 is 9.18 Å². The van der Waals surface area contributed by atoms with Gasteiger partial charge in [0.2, 0.25) is 5.43 Å². The largest absolute Gasteiger partial charge is 0.352 e. The number of carbonyl (C=O) groups is 1. The molecule has 0 atom stereocenters. The molecule has 4 rings (SSSR count). The lowest BCUT2D eigenvalue weighted by molar-refractivity contribution is 0.0952. The first-order valence-corrected chi connectivity index (χ1v) is 9.22. The van der Waals surface area contributed by atoms with Crippen molar-refractivity contribution in [3.8, 4) is 5.69 Å². The van der Waals surface area contributed by atoms with Crippen molar-refractivity contribution in [3.63, 3.8) is 0 Å². The van der Waals surface area contributed by atoms with Crippen LogP contribution in [0, 0.1) is 5.82 Å². The minimum atomic E-state index is -0.451. The molecule has 0 spiro atoms. The monoisotopic (exact) mass is 387 g/mol. The molecule has 0 aliphatic rings. The average Bonchev–Trinajstić information content (AvgIpc) is 2.76. The van der Waals surface area contributed by atoms with Crippen LogP contribution in [0.3, 0.4) is 0 Å². The van der Waals surface area contributed by atoms with Gasteiger partial charge in [-0.05, 0) is 48.4 Å². The molecule has 1 amide bonds. The lowest BCUT2D eigenvalue weighted by Crippen LogP contribution is -2.31. The summed E-state index contributed by atoms with van der Waals surface area (Å²) < 4.78 is 15.0. The molecule has 0 saturated heterocycles. The van der Waals surface area contributed by atoms with E-state index >= 15 is 0 Å². The number of halogens is 1. The normalized spacial score (nSPS) is 10.8. The first-order valence-electron chi connectivity index (χ1n) is 9.22. The third kappa shape index (κ3) is 3.91. The van der Waals surface area contributed by atoms with Gasteiger partial charge in [0.15, 0.2) is 0 Å². The Morgan fingerprint density at radius 2 is 1.76 bits per heavy atom. The predicted molar refractivity (Wildman–Crippen MR) is 110 cm³/mol. The molecule has 0 saturated carbocycles. The van der Waals surface area contributed by atoms with Gasteiger partial charge < -0.3 is 9.88 Å². The summed E-state index contributed by atoms with van der Waals surface area (Å²) in [7, 11) is 0. The van der Waals surface area contributed by atoms with Gasteiger partial charge in [0, 0.05) is 24.6 Å². The smallest absolute Gasteiger partial charge is 0.256 e. The van der Waals surface area contributed by atoms with Crippen molar-refractivity contribution in [1.82, 2.24) is 14.9 Å². The number of fused-ring (bicyclic) bond motifs is 1. The molecule has 2 heterocycles. The number of hydrogen-bond acceptors (Lipinski definition) is 3. The van der Waals surface area contributed by atoms with E-state index in [0.717, 1.165) is 5.56 Å². The number of pyridine rings is 2. The predicted octanol–water partition coefficient (Wildman–Crippen LogP) is 3.50. The van der Waals surface area contributed by atoms with E-state index in [4.69, 9.17) is 0 Å². The van der Waals surface area contributed by atoms with E-state index in [2.05, 4.69) is 10.3 Å². The van der Waals surface area contributed by atoms with E-state index in [1.165, 1.54) is 18.3 Å². The van der Waals surface area contributed by atoms with Crippen LogP contribution in [0.15, 0.2) is 83.9 Å². The molecule has 1 N–H and O–H groups in total. The summed E-state index contributed by atoms with van der Waals surface area (Å²) in [6.07, 6.45) is 3.69. The van der Waals surface area contributed by atoms with Crippen molar-refractivity contribution in [3.05, 3.63) is 106 Å². The van der Waals surface area contributed by atoms with Gasteiger partial charge in [-0.2, -0.15) is 0 Å². The maximum absolute atomic E-state index is 13.3. The lowest BCUT2D eigenvalue weighted by Gasteiger charge is -2.13. The highest BCUT2D eigenvalue weighted by Gasteiger charge is 2.16. The van der Waals surface area contributed by atoms with E-state index < -0.39 is 5.91 Å². The first kappa shape index (κ1) is 18.6. The molecular formula is C23H18FN3O2. The van der Waals surface area contributed by atoms with E-state index in [0.29, 0.717) is 29.7 Å². The number of benzene rings is 2. The Morgan fingerprint density at radius 3 is 2.52 bits per heavy atom. The van der Waals surface area contributed by atoms with Crippen LogP contribution in [0.4, 0.5) is 4.39 Å². The molecule has 6 heteroatoms. The van der Waals surface area contributed by atoms with Crippen molar-refractivity contribution in [1.29, 1.82) is 0 Å². The summed E-state index contributed by atoms with van der Waals surface area (Å²) >= 11 is 0. The van der Waals surface area contributed by atoms with Crippen LogP contribution in [0.25, 0.3) is 16.7 Å². The molecule has 0 aliphatic carbocycles. The molecule has 0 radical (unpaired) electrons. The Hall–Kier alpha value is -3.80. The minimum absolute atomic E-state index is 0.0166. The van der Waals surface area contributed by atoms with Crippen molar-refractivity contribution in [2.45, 2.75) is 6.42 Å². The highest BCUT2D eigenvalue weighted by atomic mass is 19.1. The molecular weight excluding hydrogens is 369 g/mol. The second-order valence-electron chi connectivity index (χ2n) is 6.58. The summed E-state index contributed by atoms with van der Waals surface area (Å²) in [6, 6.07) is 18.8. The average molecular weight is 387 g/mol. The summed E-state index contributed by atoms with van der Waals surface area (Å²) in [5.41, 5.74) is 1.74. The summed E-state index contributed by atoms with van der Waals surface area (Å²) in [5, 5.41) is 3.13. The van der Waals surface area contributed by atoms with E-state index in [1.807, 2.05) is 30.3 Å². The van der Waals surface area contributed by atoms with Gasteiger partial charge in [-0.25, -0.2) is 9.37 Å². The Labute approximate surface area is 166 Å². The molecule has 29 heavy (non-hydrogen) atoms. The number of nitrogens with zero attached hydrogens (tertiary/aromatic N) is 2. The zero-order valence-corrected chi connectivity index (χ0v) is 15.5. The van der Waals surface area contributed by atoms with E-state index in [1.54, 1.807) is 35.0 Å². The van der Waals surface area contributed by atoms with Crippen LogP contribution in [-0.4, -0.2) is 22.0 Å². The Balaban J connectivity index is 1.68. The van der Waals surface area contributed by atoms with Gasteiger partial charge in [-0.15, -0.1) is 0 Å². The van der Waals surface area contributed by atoms with Gasteiger partial charge in [0.1, 0.15) is 17.0 Å². The highest BCUT2D eigenvalue weighted by molar-refractivity contribution is 5.97. The fourth-order valence-corrected chi connectivity index (χ4v) is 3.18. The SMILES string of the molecule is O=C(NCCc1ccccc1)c1cn(-c2ccc(F)cc2)c2ncccc2c1=O. The van der Waals surface area contributed by atoms with Crippen LogP contribution < -0.4 is 10.7 Å². The van der Waals surface area contributed by atoms with Gasteiger partial charge >= 0.3 is 0 Å². The maximum atomic E-state index is 13.3. The number of hydrogen-bond donors (Lipinski definition) is 1. The fraction of sp³-hybridized carbons (Fsp3) is 0.0870. The highest BCUT2D eigenvalue weighted by Crippen LogP contribution is 2.16. The van der Waals surface area contributed by atoms with E-state index in [9.17, 15) is 14.0 Å². The van der Waals surface area contributed by atoms with Crippen LogP contribution in [0.1, 0.15) is 15.9 Å². The molecule has 0 unspecified atom stereocenters. The molecule has 0 fully saturated rings. The maximum Gasteiger partial charge on any atom is 0.256 e. The molecule has 144 valence electrons. The van der Waals surface area contributed by atoms with Crippen molar-refractivity contribution >= 4 is 16.9 Å².